The van der Waals surface area contributed by atoms with E-state index in [0.29, 0.717) is 22.1 Å². The Labute approximate surface area is 98.4 Å². The molecule has 2 heterocycles. The lowest BCUT2D eigenvalue weighted by molar-refractivity contribution is 0.921. The molecule has 0 aliphatic carbocycles. The van der Waals surface area contributed by atoms with Gasteiger partial charge in [-0.05, 0) is 22.2 Å². The highest BCUT2D eigenvalue weighted by Crippen LogP contribution is 2.26. The Balaban J connectivity index is 2.91. The molecule has 0 saturated carbocycles. The minimum absolute atomic E-state index is 0.317. The Morgan fingerprint density at radius 3 is 3.00 bits per heavy atom. The van der Waals surface area contributed by atoms with Crippen LogP contribution in [0.25, 0.3) is 5.65 Å². The highest BCUT2D eigenvalue weighted by molar-refractivity contribution is 9.10. The van der Waals surface area contributed by atoms with Crippen LogP contribution < -0.4 is 5.73 Å². The number of nitrogen functional groups attached to an aromatic ring is 1. The summed E-state index contributed by atoms with van der Waals surface area (Å²) in [6.45, 7) is 0. The lowest BCUT2D eigenvalue weighted by Crippen LogP contribution is -2.05. The highest BCUT2D eigenvalue weighted by atomic mass is 79.9. The van der Waals surface area contributed by atoms with E-state index in [1.54, 1.807) is 6.20 Å². The Kier molecular flexibility index (Phi) is 2.54. The van der Waals surface area contributed by atoms with Crippen molar-refractivity contribution in [1.82, 2.24) is 14.6 Å². The Hall–Kier alpha value is -1.26. The maximum absolute atomic E-state index is 8.96. The highest BCUT2D eigenvalue weighted by Gasteiger charge is 2.14. The Morgan fingerprint density at radius 2 is 2.40 bits per heavy atom. The lowest BCUT2D eigenvalue weighted by atomic mass is 10.3. The summed E-state index contributed by atoms with van der Waals surface area (Å²) < 4.78 is 2.21. The molecule has 0 fully saturated rings. The maximum Gasteiger partial charge on any atom is 0.172 e. The summed E-state index contributed by atoms with van der Waals surface area (Å²) in [7, 11) is 0. The molecule has 0 saturated heterocycles. The predicted octanol–water partition coefficient (Wildman–Crippen LogP) is 1.67. The van der Waals surface area contributed by atoms with Crippen LogP contribution in [0.2, 0.25) is 0 Å². The van der Waals surface area contributed by atoms with Gasteiger partial charge in [0.15, 0.2) is 5.65 Å². The molecule has 0 aliphatic heterocycles. The van der Waals surface area contributed by atoms with E-state index in [4.69, 9.17) is 11.0 Å². The number of nitriles is 1. The number of anilines is 1. The normalized spacial score (nSPS) is 10.5. The van der Waals surface area contributed by atoms with E-state index in [9.17, 15) is 0 Å². The summed E-state index contributed by atoms with van der Waals surface area (Å²) in [6.07, 6.45) is 3.45. The molecule has 5 nitrogen and oxygen atoms in total. The van der Waals surface area contributed by atoms with E-state index < -0.39 is 0 Å². The van der Waals surface area contributed by atoms with Crippen molar-refractivity contribution >= 4 is 39.2 Å². The fourth-order valence-electron chi connectivity index (χ4n) is 1.22. The molecule has 0 atom stereocenters. The summed E-state index contributed by atoms with van der Waals surface area (Å²) in [5, 5.41) is 13.6. The van der Waals surface area contributed by atoms with Crippen LogP contribution in [0.3, 0.4) is 0 Å². The van der Waals surface area contributed by atoms with Crippen molar-refractivity contribution < 1.29 is 0 Å². The number of hydrogen-bond acceptors (Lipinski definition) is 5. The van der Waals surface area contributed by atoms with Gasteiger partial charge in [-0.25, -0.2) is 4.98 Å². The van der Waals surface area contributed by atoms with Crippen molar-refractivity contribution in [3.05, 3.63) is 16.2 Å². The Bertz CT molecular complexity index is 570. The van der Waals surface area contributed by atoms with Crippen molar-refractivity contribution in [3.63, 3.8) is 0 Å². The van der Waals surface area contributed by atoms with E-state index in [0.717, 1.165) is 4.47 Å². The van der Waals surface area contributed by atoms with Gasteiger partial charge in [0, 0.05) is 0 Å². The van der Waals surface area contributed by atoms with Crippen molar-refractivity contribution in [2.75, 3.05) is 12.0 Å². The van der Waals surface area contributed by atoms with E-state index in [-0.39, 0.29) is 0 Å². The quantitative estimate of drug-likeness (QED) is 0.636. The fourth-order valence-corrected chi connectivity index (χ4v) is 2.10. The minimum atomic E-state index is 0.317. The van der Waals surface area contributed by atoms with E-state index in [1.165, 1.54) is 16.3 Å². The van der Waals surface area contributed by atoms with E-state index in [1.807, 2.05) is 12.3 Å². The molecule has 2 rings (SSSR count). The number of aromatic nitrogens is 3. The van der Waals surface area contributed by atoms with Crippen LogP contribution in [0.5, 0.6) is 0 Å². The van der Waals surface area contributed by atoms with Crippen LogP contribution >= 0.6 is 27.7 Å². The van der Waals surface area contributed by atoms with Crippen molar-refractivity contribution in [3.8, 4) is 6.07 Å². The third kappa shape index (κ3) is 1.46. The summed E-state index contributed by atoms with van der Waals surface area (Å²) in [4.78, 5) is 4.30. The largest absolute Gasteiger partial charge is 0.382 e. The molecular weight excluding hydrogens is 278 g/mol. The lowest BCUT2D eigenvalue weighted by Gasteiger charge is -2.05. The topological polar surface area (TPSA) is 80.0 Å². The molecule has 0 aromatic carbocycles. The average Bonchev–Trinajstić information content (AvgIpc) is 2.60. The number of thioether (sulfide) groups is 1. The van der Waals surface area contributed by atoms with Gasteiger partial charge >= 0.3 is 0 Å². The molecule has 2 aromatic rings. The molecule has 0 bridgehead atoms. The molecule has 2 aromatic heterocycles. The Morgan fingerprint density at radius 1 is 1.67 bits per heavy atom. The van der Waals surface area contributed by atoms with Crippen LogP contribution in [-0.2, 0) is 0 Å². The zero-order valence-corrected chi connectivity index (χ0v) is 10.1. The van der Waals surface area contributed by atoms with Crippen LogP contribution in [0, 0.1) is 11.3 Å². The van der Waals surface area contributed by atoms with Gasteiger partial charge in [0.1, 0.15) is 22.5 Å². The second-order valence-electron chi connectivity index (χ2n) is 2.72. The van der Waals surface area contributed by atoms with Gasteiger partial charge in [0.25, 0.3) is 0 Å². The van der Waals surface area contributed by atoms with Crippen molar-refractivity contribution in [2.24, 2.45) is 0 Å². The molecular formula is C8H6BrN5S. The van der Waals surface area contributed by atoms with Gasteiger partial charge in [-0.3, -0.25) is 0 Å². The third-order valence-electron chi connectivity index (χ3n) is 1.91. The number of nitrogens with zero attached hydrogens (tertiary/aromatic N) is 4. The first-order valence-corrected chi connectivity index (χ1v) is 5.97. The maximum atomic E-state index is 8.96. The standard InChI is InChI=1S/C8H6BrN5S/c1-15-8-4(2-10)6(11)14-7(13-8)5(9)3-12-14/h3H,11H2,1H3. The number of nitrogens with two attached hydrogens (primary N) is 1. The monoisotopic (exact) mass is 283 g/mol. The molecule has 0 unspecified atom stereocenters. The second kappa shape index (κ2) is 3.72. The number of halogens is 1. The first-order valence-electron chi connectivity index (χ1n) is 3.95. The molecule has 2 N–H and O–H groups in total. The van der Waals surface area contributed by atoms with Gasteiger partial charge in [-0.15, -0.1) is 11.8 Å². The predicted molar refractivity (Wildman–Crippen MR) is 61.6 cm³/mol. The third-order valence-corrected chi connectivity index (χ3v) is 3.15. The first-order chi connectivity index (χ1) is 7.19. The number of rotatable bonds is 1. The van der Waals surface area contributed by atoms with Crippen molar-refractivity contribution in [1.29, 1.82) is 5.26 Å². The van der Waals surface area contributed by atoms with Gasteiger partial charge in [0.2, 0.25) is 0 Å². The minimum Gasteiger partial charge on any atom is -0.382 e. The SMILES string of the molecule is CSc1nc2c(Br)cnn2c(N)c1C#N. The molecule has 0 spiro atoms. The summed E-state index contributed by atoms with van der Waals surface area (Å²) in [6, 6.07) is 2.03. The zero-order chi connectivity index (χ0) is 11.0. The second-order valence-corrected chi connectivity index (χ2v) is 4.37. The van der Waals surface area contributed by atoms with E-state index in [2.05, 4.69) is 26.0 Å². The van der Waals surface area contributed by atoms with Crippen LogP contribution in [0.15, 0.2) is 15.7 Å². The average molecular weight is 284 g/mol. The summed E-state index contributed by atoms with van der Waals surface area (Å²) in [5.74, 6) is 0.317. The first kappa shape index (κ1) is 10.3. The zero-order valence-electron chi connectivity index (χ0n) is 7.73. The number of fused-ring (bicyclic) bond motifs is 1. The number of hydrogen-bond donors (Lipinski definition) is 1. The molecule has 7 heteroatoms. The van der Waals surface area contributed by atoms with Gasteiger partial charge < -0.3 is 5.73 Å². The molecule has 76 valence electrons. The van der Waals surface area contributed by atoms with Gasteiger partial charge in [-0.1, -0.05) is 0 Å². The van der Waals surface area contributed by atoms with Crippen molar-refractivity contribution in [2.45, 2.75) is 5.03 Å². The molecule has 0 amide bonds. The van der Waals surface area contributed by atoms with Gasteiger partial charge in [-0.2, -0.15) is 14.9 Å². The molecule has 0 aliphatic rings. The van der Waals surface area contributed by atoms with Gasteiger partial charge in [0.05, 0.1) is 10.7 Å². The molecule has 0 radical (unpaired) electrons. The van der Waals surface area contributed by atoms with Crippen LogP contribution in [0.4, 0.5) is 5.82 Å². The smallest absolute Gasteiger partial charge is 0.172 e. The molecule has 15 heavy (non-hydrogen) atoms. The summed E-state index contributed by atoms with van der Waals surface area (Å²) >= 11 is 4.70. The van der Waals surface area contributed by atoms with Crippen LogP contribution in [0.1, 0.15) is 5.56 Å². The van der Waals surface area contributed by atoms with Crippen LogP contribution in [-0.4, -0.2) is 20.9 Å². The van der Waals surface area contributed by atoms with E-state index >= 15 is 0 Å². The summed E-state index contributed by atoms with van der Waals surface area (Å²) in [5.41, 5.74) is 6.81. The fraction of sp³-hybridized carbons (Fsp3) is 0.125.